The summed E-state index contributed by atoms with van der Waals surface area (Å²) < 4.78 is 12.0. The van der Waals surface area contributed by atoms with Crippen molar-refractivity contribution in [2.24, 2.45) is 0 Å². The topological polar surface area (TPSA) is 55.8 Å². The van der Waals surface area contributed by atoms with Gasteiger partial charge in [0, 0.05) is 10.9 Å². The van der Waals surface area contributed by atoms with Crippen molar-refractivity contribution in [2.45, 2.75) is 44.8 Å². The maximum atomic E-state index is 11.6. The van der Waals surface area contributed by atoms with Crippen molar-refractivity contribution < 1.29 is 19.4 Å². The fourth-order valence-electron chi connectivity index (χ4n) is 3.89. The molecule has 3 aromatic rings. The van der Waals surface area contributed by atoms with Crippen LogP contribution in [0.4, 0.5) is 0 Å². The number of halogens is 1. The van der Waals surface area contributed by atoms with E-state index < -0.39 is 5.97 Å². The molecule has 182 valence electrons. The van der Waals surface area contributed by atoms with E-state index in [4.69, 9.17) is 21.1 Å². The van der Waals surface area contributed by atoms with Gasteiger partial charge in [-0.15, -0.1) is 6.58 Å². The molecular weight excluding hydrogens is 460 g/mol. The monoisotopic (exact) mass is 490 g/mol. The normalized spacial score (nSPS) is 13.1. The third-order valence-corrected chi connectivity index (χ3v) is 5.98. The summed E-state index contributed by atoms with van der Waals surface area (Å²) in [6, 6.07) is 24.8. The van der Waals surface area contributed by atoms with E-state index in [9.17, 15) is 9.90 Å². The molecule has 0 heterocycles. The Morgan fingerprint density at radius 1 is 1.03 bits per heavy atom. The van der Waals surface area contributed by atoms with Crippen LogP contribution < -0.4 is 4.74 Å². The van der Waals surface area contributed by atoms with Gasteiger partial charge in [0.25, 0.3) is 0 Å². The second kappa shape index (κ2) is 13.5. The van der Waals surface area contributed by atoms with E-state index in [1.807, 2.05) is 73.7 Å². The zero-order valence-corrected chi connectivity index (χ0v) is 20.7. The fraction of sp³-hybridized carbons (Fsp3) is 0.233. The van der Waals surface area contributed by atoms with Crippen molar-refractivity contribution in [2.75, 3.05) is 0 Å². The van der Waals surface area contributed by atoms with Crippen molar-refractivity contribution in [1.82, 2.24) is 0 Å². The molecule has 0 radical (unpaired) electrons. The molecule has 0 aliphatic carbocycles. The SMILES string of the molecule is C=CC(C/C=C(\CC)C(CC(=O)O)c1ccc(Cl)cc1)OCc1cccc(Oc2ccccc2)c1. The molecule has 0 aromatic heterocycles. The lowest BCUT2D eigenvalue weighted by molar-refractivity contribution is -0.137. The smallest absolute Gasteiger partial charge is 0.304 e. The van der Waals surface area contributed by atoms with Crippen LogP contribution in [0.5, 0.6) is 11.5 Å². The summed E-state index contributed by atoms with van der Waals surface area (Å²) in [5.41, 5.74) is 2.99. The summed E-state index contributed by atoms with van der Waals surface area (Å²) in [5.74, 6) is 0.480. The summed E-state index contributed by atoms with van der Waals surface area (Å²) in [4.78, 5) is 11.6. The molecule has 2 atom stereocenters. The van der Waals surface area contributed by atoms with Crippen LogP contribution in [0, 0.1) is 0 Å². The number of benzene rings is 3. The molecule has 5 heteroatoms. The van der Waals surface area contributed by atoms with Crippen LogP contribution >= 0.6 is 11.6 Å². The highest BCUT2D eigenvalue weighted by Crippen LogP contribution is 2.32. The van der Waals surface area contributed by atoms with Gasteiger partial charge in [-0.2, -0.15) is 0 Å². The van der Waals surface area contributed by atoms with Crippen LogP contribution in [0.1, 0.15) is 43.2 Å². The van der Waals surface area contributed by atoms with Gasteiger partial charge in [-0.05, 0) is 60.4 Å². The molecule has 4 nitrogen and oxygen atoms in total. The van der Waals surface area contributed by atoms with Crippen LogP contribution in [-0.2, 0) is 16.1 Å². The third kappa shape index (κ3) is 8.43. The first-order chi connectivity index (χ1) is 17.0. The van der Waals surface area contributed by atoms with Crippen LogP contribution in [0.3, 0.4) is 0 Å². The number of para-hydroxylation sites is 1. The standard InChI is InChI=1S/C30H31ClO4/c1-3-23(29(20-30(32)33)24-13-16-25(31)17-14-24)15-18-26(4-2)34-21-22-9-8-12-28(19-22)35-27-10-6-5-7-11-27/h4-17,19,26,29H,2-3,18,20-21H2,1H3,(H,32,33)/b23-15+. The van der Waals surface area contributed by atoms with E-state index in [2.05, 4.69) is 12.7 Å². The molecule has 3 aromatic carbocycles. The van der Waals surface area contributed by atoms with Gasteiger partial charge >= 0.3 is 5.97 Å². The minimum atomic E-state index is -0.835. The molecule has 0 saturated heterocycles. The highest BCUT2D eigenvalue weighted by Gasteiger charge is 2.19. The van der Waals surface area contributed by atoms with Gasteiger partial charge in [-0.1, -0.05) is 78.7 Å². The molecule has 3 rings (SSSR count). The zero-order chi connectivity index (χ0) is 25.0. The highest BCUT2D eigenvalue weighted by atomic mass is 35.5. The molecule has 35 heavy (non-hydrogen) atoms. The highest BCUT2D eigenvalue weighted by molar-refractivity contribution is 6.30. The molecule has 1 N–H and O–H groups in total. The van der Waals surface area contributed by atoms with E-state index in [0.29, 0.717) is 18.1 Å². The molecule has 0 spiro atoms. The number of rotatable bonds is 13. The van der Waals surface area contributed by atoms with Gasteiger partial charge in [0.05, 0.1) is 19.1 Å². The first-order valence-corrected chi connectivity index (χ1v) is 12.1. The summed E-state index contributed by atoms with van der Waals surface area (Å²) in [6.07, 6.45) is 5.03. The van der Waals surface area contributed by atoms with Gasteiger partial charge in [0.15, 0.2) is 0 Å². The minimum absolute atomic E-state index is 0.0229. The average Bonchev–Trinajstić information content (AvgIpc) is 2.86. The van der Waals surface area contributed by atoms with Crippen molar-refractivity contribution in [1.29, 1.82) is 0 Å². The molecule has 0 amide bonds. The Morgan fingerprint density at radius 3 is 2.40 bits per heavy atom. The summed E-state index contributed by atoms with van der Waals surface area (Å²) in [6.45, 7) is 6.37. The lowest BCUT2D eigenvalue weighted by atomic mass is 9.86. The molecule has 0 fully saturated rings. The lowest BCUT2D eigenvalue weighted by Crippen LogP contribution is -2.12. The number of carbonyl (C=O) groups is 1. The number of aliphatic carboxylic acids is 1. The van der Waals surface area contributed by atoms with Gasteiger partial charge in [-0.25, -0.2) is 0 Å². The molecular formula is C30H31ClO4. The van der Waals surface area contributed by atoms with E-state index in [1.54, 1.807) is 18.2 Å². The number of allylic oxidation sites excluding steroid dienone is 1. The molecule has 0 aliphatic rings. The van der Waals surface area contributed by atoms with Crippen molar-refractivity contribution in [3.63, 3.8) is 0 Å². The second-order valence-electron chi connectivity index (χ2n) is 8.22. The Labute approximate surface area is 212 Å². The van der Waals surface area contributed by atoms with E-state index in [-0.39, 0.29) is 18.4 Å². The Hall–Kier alpha value is -3.34. The number of carboxylic acid groups (broad SMARTS) is 1. The Kier molecular flexibility index (Phi) is 10.1. The Balaban J connectivity index is 1.65. The van der Waals surface area contributed by atoms with Gasteiger partial charge in [0.2, 0.25) is 0 Å². The van der Waals surface area contributed by atoms with Crippen LogP contribution in [0.25, 0.3) is 0 Å². The maximum absolute atomic E-state index is 11.6. The third-order valence-electron chi connectivity index (χ3n) is 5.72. The minimum Gasteiger partial charge on any atom is -0.481 e. The maximum Gasteiger partial charge on any atom is 0.304 e. The van der Waals surface area contributed by atoms with Gasteiger partial charge in [0.1, 0.15) is 11.5 Å². The predicted octanol–water partition coefficient (Wildman–Crippen LogP) is 8.19. The van der Waals surface area contributed by atoms with Crippen LogP contribution in [0.2, 0.25) is 5.02 Å². The Bertz CT molecular complexity index is 1120. The first kappa shape index (κ1) is 26.3. The summed E-state index contributed by atoms with van der Waals surface area (Å²) in [7, 11) is 0. The van der Waals surface area contributed by atoms with E-state index in [0.717, 1.165) is 34.6 Å². The zero-order valence-electron chi connectivity index (χ0n) is 19.9. The molecule has 0 aliphatic heterocycles. The fourth-order valence-corrected chi connectivity index (χ4v) is 4.02. The van der Waals surface area contributed by atoms with Crippen molar-refractivity contribution in [3.8, 4) is 11.5 Å². The van der Waals surface area contributed by atoms with Crippen molar-refractivity contribution in [3.05, 3.63) is 119 Å². The number of ether oxygens (including phenoxy) is 2. The number of carboxylic acids is 1. The average molecular weight is 491 g/mol. The largest absolute Gasteiger partial charge is 0.481 e. The van der Waals surface area contributed by atoms with E-state index >= 15 is 0 Å². The molecule has 2 unspecified atom stereocenters. The predicted molar refractivity (Wildman–Crippen MR) is 141 cm³/mol. The summed E-state index contributed by atoms with van der Waals surface area (Å²) >= 11 is 6.03. The number of hydrogen-bond donors (Lipinski definition) is 1. The second-order valence-corrected chi connectivity index (χ2v) is 8.65. The molecule has 0 saturated carbocycles. The van der Waals surface area contributed by atoms with E-state index in [1.165, 1.54) is 0 Å². The lowest BCUT2D eigenvalue weighted by Gasteiger charge is -2.20. The number of hydrogen-bond acceptors (Lipinski definition) is 3. The quantitative estimate of drug-likeness (QED) is 0.245. The van der Waals surface area contributed by atoms with Crippen LogP contribution in [0.15, 0.2) is 103 Å². The summed E-state index contributed by atoms with van der Waals surface area (Å²) in [5, 5.41) is 10.1. The molecule has 0 bridgehead atoms. The van der Waals surface area contributed by atoms with Gasteiger partial charge < -0.3 is 14.6 Å². The van der Waals surface area contributed by atoms with Gasteiger partial charge in [-0.3, -0.25) is 4.79 Å². The Morgan fingerprint density at radius 2 is 1.74 bits per heavy atom. The van der Waals surface area contributed by atoms with Crippen LogP contribution in [-0.4, -0.2) is 17.2 Å². The van der Waals surface area contributed by atoms with Crippen molar-refractivity contribution >= 4 is 17.6 Å². The first-order valence-electron chi connectivity index (χ1n) is 11.7.